The van der Waals surface area contributed by atoms with E-state index in [2.05, 4.69) is 5.32 Å². The zero-order chi connectivity index (χ0) is 16.0. The third kappa shape index (κ3) is 4.54. The van der Waals surface area contributed by atoms with E-state index >= 15 is 0 Å². The molecule has 1 heterocycles. The molecule has 0 aliphatic heterocycles. The van der Waals surface area contributed by atoms with E-state index in [1.54, 1.807) is 6.92 Å². The first-order valence-corrected chi connectivity index (χ1v) is 8.01. The molecule has 0 bridgehead atoms. The normalized spacial score (nSPS) is 12.2. The Morgan fingerprint density at radius 1 is 1.38 bits per heavy atom. The molecule has 1 rings (SSSR count). The molecule has 0 saturated heterocycles. The Labute approximate surface area is 129 Å². The van der Waals surface area contributed by atoms with Crippen molar-refractivity contribution in [3.8, 4) is 0 Å². The van der Waals surface area contributed by atoms with Gasteiger partial charge in [0.05, 0.1) is 5.56 Å². The summed E-state index contributed by atoms with van der Waals surface area (Å²) in [6.07, 6.45) is 1.94. The minimum Gasteiger partial charge on any atom is -0.478 e. The van der Waals surface area contributed by atoms with Gasteiger partial charge in [0.15, 0.2) is 0 Å². The lowest BCUT2D eigenvalue weighted by molar-refractivity contribution is -0.126. The molecule has 0 aliphatic rings. The van der Waals surface area contributed by atoms with Gasteiger partial charge >= 0.3 is 5.97 Å². The number of carboxylic acid groups (broad SMARTS) is 1. The molecule has 0 radical (unpaired) electrons. The molecule has 0 spiro atoms. The van der Waals surface area contributed by atoms with Gasteiger partial charge in [-0.25, -0.2) is 4.79 Å². The maximum absolute atomic E-state index is 12.1. The zero-order valence-corrected chi connectivity index (χ0v) is 13.8. The largest absolute Gasteiger partial charge is 0.478 e. The summed E-state index contributed by atoms with van der Waals surface area (Å²) in [6.45, 7) is 8.03. The lowest BCUT2D eigenvalue weighted by Crippen LogP contribution is -2.28. The molecule has 0 fully saturated rings. The first-order chi connectivity index (χ1) is 9.92. The number of thiophene rings is 1. The second kappa shape index (κ2) is 8.14. The Morgan fingerprint density at radius 3 is 2.57 bits per heavy atom. The minimum atomic E-state index is -1.01. The summed E-state index contributed by atoms with van der Waals surface area (Å²) in [4.78, 5) is 24.4. The highest BCUT2D eigenvalue weighted by Gasteiger charge is 2.23. The first-order valence-electron chi connectivity index (χ1n) is 7.20. The number of hydrogen-bond donors (Lipinski definition) is 2. The number of aromatic carboxylic acids is 1. The van der Waals surface area contributed by atoms with Gasteiger partial charge in [-0.2, -0.15) is 0 Å². The fourth-order valence-electron chi connectivity index (χ4n) is 2.01. The molecule has 1 unspecified atom stereocenters. The lowest BCUT2D eigenvalue weighted by Gasteiger charge is -2.12. The first kappa shape index (κ1) is 17.7. The Hall–Kier alpha value is -1.40. The van der Waals surface area contributed by atoms with E-state index in [9.17, 15) is 14.7 Å². The molecule has 21 heavy (non-hydrogen) atoms. The summed E-state index contributed by atoms with van der Waals surface area (Å²) >= 11 is 1.30. The third-order valence-corrected chi connectivity index (χ3v) is 4.31. The second-order valence-electron chi connectivity index (χ2n) is 4.86. The third-order valence-electron chi connectivity index (χ3n) is 3.25. The molecule has 0 aromatic carbocycles. The van der Waals surface area contributed by atoms with Gasteiger partial charge < -0.3 is 15.2 Å². The summed E-state index contributed by atoms with van der Waals surface area (Å²) in [5, 5.41) is 12.4. The van der Waals surface area contributed by atoms with Crippen LogP contribution >= 0.6 is 11.3 Å². The molecule has 1 aromatic heterocycles. The van der Waals surface area contributed by atoms with E-state index in [0.29, 0.717) is 18.0 Å². The van der Waals surface area contributed by atoms with Gasteiger partial charge in [-0.3, -0.25) is 4.79 Å². The van der Waals surface area contributed by atoms with E-state index < -0.39 is 12.1 Å². The second-order valence-corrected chi connectivity index (χ2v) is 6.08. The number of unbranched alkanes of at least 4 members (excludes halogenated alkanes) is 1. The van der Waals surface area contributed by atoms with Crippen molar-refractivity contribution in [1.82, 2.24) is 0 Å². The average molecular weight is 313 g/mol. The quantitative estimate of drug-likeness (QED) is 0.721. The van der Waals surface area contributed by atoms with Gasteiger partial charge in [0.25, 0.3) is 5.91 Å². The summed E-state index contributed by atoms with van der Waals surface area (Å²) < 4.78 is 5.43. The maximum Gasteiger partial charge on any atom is 0.339 e. The van der Waals surface area contributed by atoms with Gasteiger partial charge in [0, 0.05) is 11.5 Å². The number of anilines is 1. The van der Waals surface area contributed by atoms with Crippen molar-refractivity contribution in [2.75, 3.05) is 11.9 Å². The molecule has 0 saturated carbocycles. The van der Waals surface area contributed by atoms with E-state index in [4.69, 9.17) is 4.74 Å². The highest BCUT2D eigenvalue weighted by Crippen LogP contribution is 2.33. The number of carbonyl (C=O) groups excluding carboxylic acids is 1. The number of carboxylic acids is 1. The van der Waals surface area contributed by atoms with Crippen LogP contribution in [0, 0.1) is 6.92 Å². The van der Waals surface area contributed by atoms with Crippen molar-refractivity contribution in [1.29, 1.82) is 0 Å². The topological polar surface area (TPSA) is 75.6 Å². The van der Waals surface area contributed by atoms with Gasteiger partial charge in [-0.1, -0.05) is 20.3 Å². The molecule has 1 amide bonds. The molecule has 0 aliphatic carbocycles. The number of amides is 1. The number of rotatable bonds is 8. The van der Waals surface area contributed by atoms with Crippen molar-refractivity contribution >= 4 is 28.2 Å². The van der Waals surface area contributed by atoms with Crippen molar-refractivity contribution in [2.45, 2.75) is 53.1 Å². The smallest absolute Gasteiger partial charge is 0.339 e. The summed E-state index contributed by atoms with van der Waals surface area (Å²) in [5.41, 5.74) is 0.983. The van der Waals surface area contributed by atoms with Crippen LogP contribution in [-0.4, -0.2) is 29.7 Å². The highest BCUT2D eigenvalue weighted by atomic mass is 32.1. The highest BCUT2D eigenvalue weighted by molar-refractivity contribution is 7.16. The van der Waals surface area contributed by atoms with Crippen LogP contribution in [-0.2, 0) is 16.0 Å². The summed E-state index contributed by atoms with van der Waals surface area (Å²) in [5.74, 6) is -1.32. The minimum absolute atomic E-state index is 0.203. The SMILES string of the molecule is CCCCOC(C)C(=O)Nc1sc(C)c(CC)c1C(=O)O. The summed E-state index contributed by atoms with van der Waals surface area (Å²) in [6, 6.07) is 0. The number of hydrogen-bond acceptors (Lipinski definition) is 4. The number of aryl methyl sites for hydroxylation is 1. The van der Waals surface area contributed by atoms with E-state index in [1.165, 1.54) is 11.3 Å². The Bertz CT molecular complexity index is 510. The van der Waals surface area contributed by atoms with E-state index in [-0.39, 0.29) is 11.5 Å². The molecule has 1 atom stereocenters. The maximum atomic E-state index is 12.1. The van der Waals surface area contributed by atoms with Crippen LogP contribution in [0.3, 0.4) is 0 Å². The van der Waals surface area contributed by atoms with Crippen molar-refractivity contribution < 1.29 is 19.4 Å². The van der Waals surface area contributed by atoms with Crippen LogP contribution in [0.5, 0.6) is 0 Å². The standard InChI is InChI=1S/C15H23NO4S/c1-5-7-8-20-9(3)13(17)16-14-12(15(18)19)11(6-2)10(4)21-14/h9H,5-8H2,1-4H3,(H,16,17)(H,18,19). The lowest BCUT2D eigenvalue weighted by atomic mass is 10.1. The Morgan fingerprint density at radius 2 is 2.05 bits per heavy atom. The van der Waals surface area contributed by atoms with Gasteiger partial charge in [0.2, 0.25) is 0 Å². The van der Waals surface area contributed by atoms with E-state index in [1.807, 2.05) is 20.8 Å². The fraction of sp³-hybridized carbons (Fsp3) is 0.600. The van der Waals surface area contributed by atoms with Gasteiger partial charge in [0.1, 0.15) is 11.1 Å². The Kier molecular flexibility index (Phi) is 6.84. The van der Waals surface area contributed by atoms with Gasteiger partial charge in [-0.15, -0.1) is 11.3 Å². The monoisotopic (exact) mass is 313 g/mol. The fourth-order valence-corrected chi connectivity index (χ4v) is 3.15. The molecule has 2 N–H and O–H groups in total. The van der Waals surface area contributed by atoms with Crippen molar-refractivity contribution in [3.63, 3.8) is 0 Å². The number of ether oxygens (including phenoxy) is 1. The summed E-state index contributed by atoms with van der Waals surface area (Å²) in [7, 11) is 0. The van der Waals surface area contributed by atoms with Crippen LogP contribution in [0.1, 0.15) is 54.4 Å². The van der Waals surface area contributed by atoms with Crippen molar-refractivity contribution in [3.05, 3.63) is 16.0 Å². The molecule has 118 valence electrons. The molecule has 5 nitrogen and oxygen atoms in total. The van der Waals surface area contributed by atoms with E-state index in [0.717, 1.165) is 23.3 Å². The molecule has 6 heteroatoms. The predicted molar refractivity (Wildman–Crippen MR) is 84.3 cm³/mol. The molecular weight excluding hydrogens is 290 g/mol. The Balaban J connectivity index is 2.83. The van der Waals surface area contributed by atoms with Crippen LogP contribution < -0.4 is 5.32 Å². The molecular formula is C15H23NO4S. The number of nitrogens with one attached hydrogen (secondary N) is 1. The average Bonchev–Trinajstić information content (AvgIpc) is 2.74. The predicted octanol–water partition coefficient (Wildman–Crippen LogP) is 3.46. The van der Waals surface area contributed by atoms with Crippen LogP contribution in [0.2, 0.25) is 0 Å². The van der Waals surface area contributed by atoms with Crippen LogP contribution in [0.15, 0.2) is 0 Å². The van der Waals surface area contributed by atoms with Crippen LogP contribution in [0.4, 0.5) is 5.00 Å². The number of carbonyl (C=O) groups is 2. The van der Waals surface area contributed by atoms with Gasteiger partial charge in [-0.05, 0) is 32.3 Å². The van der Waals surface area contributed by atoms with Crippen molar-refractivity contribution in [2.24, 2.45) is 0 Å². The molecule has 1 aromatic rings. The zero-order valence-electron chi connectivity index (χ0n) is 13.0. The van der Waals surface area contributed by atoms with Crippen LogP contribution in [0.25, 0.3) is 0 Å².